The molecule has 1 fully saturated rings. The molecule has 7 aromatic carbocycles. The summed E-state index contributed by atoms with van der Waals surface area (Å²) < 4.78 is 71.8. The van der Waals surface area contributed by atoms with E-state index in [2.05, 4.69) is 43.6 Å². The molecule has 11 amide bonds. The molecule has 36 nitrogen and oxygen atoms in total. The fourth-order valence-electron chi connectivity index (χ4n) is 17.4. The SMILES string of the molecule is COc1ccc([N+]2=CC3=CCCN3C2=O)cc1.C[N+]1=Cc2cccn2C1=O.C[N+]1=Cc2cccn2C1=O.C[N+]1=Nc2cccn2C1=O.Cc1ccccc1[N+]1=Cc2cccn2C1=O.O=C1n2c(cc3ccccc32)C=[N+]1C1CCCCC1.O=C1n2cccc2C=[N+]1c1ccc(C(F)(F)F)cc1.O=C1n2cccc2N=[N+]1c1ccccc1.O=C1n2cncc2N=[N+]1c1ccccc1.O=C1n2nccc2C=[N+]1c1ccccc1. The van der Waals surface area contributed by atoms with Gasteiger partial charge >= 0.3 is 66.5 Å². The second-order valence-corrected chi connectivity index (χ2v) is 34.1. The highest BCUT2D eigenvalue weighted by molar-refractivity contribution is 6.02. The molecular formula is C107H92F3N25O11+10. The molecule has 1 aliphatic carbocycles. The number of methoxy groups -OCH3 is 1. The van der Waals surface area contributed by atoms with Gasteiger partial charge in [-0.15, -0.1) is 13.7 Å². The summed E-state index contributed by atoms with van der Waals surface area (Å²) in [5, 5.41) is 17.4. The van der Waals surface area contributed by atoms with E-state index in [1.54, 1.807) is 174 Å². The van der Waals surface area contributed by atoms with Crippen LogP contribution in [-0.2, 0) is 6.18 Å². The van der Waals surface area contributed by atoms with Gasteiger partial charge in [-0.05, 0) is 217 Å². The van der Waals surface area contributed by atoms with Crippen molar-refractivity contribution in [2.45, 2.75) is 57.7 Å². The summed E-state index contributed by atoms with van der Waals surface area (Å²) >= 11 is 0. The number of carbonyl (C=O) groups is 10. The fraction of sp³-hybridized carbons (Fsp3) is 0.131. The van der Waals surface area contributed by atoms with Gasteiger partial charge in [0.2, 0.25) is 5.69 Å². The van der Waals surface area contributed by atoms with E-state index in [4.69, 9.17) is 4.74 Å². The number of ether oxygens (including phenoxy) is 1. The number of imidazole rings is 1. The van der Waals surface area contributed by atoms with E-state index in [1.165, 1.54) is 79.3 Å². The number of hydrogen-bond acceptors (Lipinski definition) is 16. The Morgan fingerprint density at radius 1 is 0.384 bits per heavy atom. The van der Waals surface area contributed by atoms with Crippen molar-refractivity contribution < 1.29 is 112 Å². The van der Waals surface area contributed by atoms with Gasteiger partial charge in [0, 0.05) is 36.1 Å². The van der Waals surface area contributed by atoms with Crippen LogP contribution < -0.4 is 4.74 Å². The summed E-state index contributed by atoms with van der Waals surface area (Å²) in [6.07, 6.45) is 32.5. The number of fused-ring (bicyclic) bond motifs is 12. The van der Waals surface area contributed by atoms with E-state index < -0.39 is 11.7 Å². The number of amides is 11. The second-order valence-electron chi connectivity index (χ2n) is 34.1. The van der Waals surface area contributed by atoms with E-state index in [9.17, 15) is 61.1 Å². The molecule has 16 aromatic rings. The first kappa shape index (κ1) is 95.4. The van der Waals surface area contributed by atoms with Crippen molar-refractivity contribution in [3.8, 4) is 5.75 Å². The van der Waals surface area contributed by atoms with Crippen LogP contribution in [0.3, 0.4) is 0 Å². The number of alkyl halides is 3. The Hall–Kier alpha value is -19.5. The van der Waals surface area contributed by atoms with Gasteiger partial charge in [0.25, 0.3) is 17.5 Å². The lowest BCUT2D eigenvalue weighted by Gasteiger charge is -2.19. The van der Waals surface area contributed by atoms with E-state index >= 15 is 0 Å². The van der Waals surface area contributed by atoms with Crippen molar-refractivity contribution >= 4 is 166 Å². The number of nitrogens with zero attached hydrogens (tertiary/aromatic N) is 25. The van der Waals surface area contributed by atoms with Crippen molar-refractivity contribution in [1.29, 1.82) is 0 Å². The van der Waals surface area contributed by atoms with Gasteiger partial charge in [-0.25, -0.2) is 4.98 Å². The molecule has 39 heteroatoms. The van der Waals surface area contributed by atoms with Crippen LogP contribution in [0.25, 0.3) is 10.9 Å². The Morgan fingerprint density at radius 2 is 0.856 bits per heavy atom. The molecule has 0 radical (unpaired) electrons. The minimum Gasteiger partial charge on any atom is -0.497 e. The number of hydrogen-bond donors (Lipinski definition) is 0. The van der Waals surface area contributed by atoms with Crippen molar-refractivity contribution in [3.05, 3.63) is 386 Å². The van der Waals surface area contributed by atoms with Gasteiger partial charge in [0.15, 0.2) is 51.9 Å². The standard InChI is InChI=1S/C16H17N2O.C13H8F3N2O.C13H13N2O2.C13H11N2O.2C11H8N3O.C10H7N4O.2C7H7N2O.C6H6N3O/c19-16-17(13-7-2-1-3-8-13)11-14-10-12-6-4-5-9-15(12)18(14)16;14-13(15,16)9-3-5-10(6-4-9)18-8-11-2-1-7-17(11)12(18)19;1-17-12-6-4-10(5-7-12)15-9-11-3-2-8-14(11)13(15)16;1-10-5-2-3-7-12(10)15-9-11-6-4-8-14(11)13(15)16;15-11-13-8-4-7-10(13)12-14(11)9-5-2-1-3-6-9;15-11-13(9-4-2-1-3-5-9)8-10-6-7-12-14(10)11;15-10-13-7-11-6-9(13)12-14(10)8-4-2-1-3-5-8;2*1-8-5-6-3-2-4-9(6)7(8)10;1-8-6(10)9-4-2-3-5(9)7-8/h4-6,9-11,13H,1-3,7-8H2;1-8H;3-7,9H,2,8H2,1H3;2-9H,1H3;2*1-8H;1-7H;2*2-5H,1H3;2-4H,1H3/q10*+1. The van der Waals surface area contributed by atoms with E-state index in [-0.39, 0.29) is 60.3 Å². The Balaban J connectivity index is 0.000000103. The number of aromatic nitrogens is 11. The zero-order valence-corrected chi connectivity index (χ0v) is 79.1. The summed E-state index contributed by atoms with van der Waals surface area (Å²) in [5.74, 6) is 2.72. The third-order valence-corrected chi connectivity index (χ3v) is 24.8. The van der Waals surface area contributed by atoms with Gasteiger partial charge < -0.3 is 4.74 Å². The van der Waals surface area contributed by atoms with Gasteiger partial charge in [0.1, 0.15) is 134 Å². The quantitative estimate of drug-likeness (QED) is 0.128. The molecule has 0 N–H and O–H groups in total. The van der Waals surface area contributed by atoms with E-state index in [0.29, 0.717) is 34.9 Å². The van der Waals surface area contributed by atoms with Crippen LogP contribution >= 0.6 is 0 Å². The number of carbonyl (C=O) groups excluding carboxylic acids is 10. The highest BCUT2D eigenvalue weighted by Crippen LogP contribution is 2.35. The minimum atomic E-state index is -4.37. The van der Waals surface area contributed by atoms with Crippen LogP contribution in [0.2, 0.25) is 0 Å². The summed E-state index contributed by atoms with van der Waals surface area (Å²) in [4.78, 5) is 123. The normalized spacial score (nSPS) is 15.5. The number of urea groups is 1. The van der Waals surface area contributed by atoms with Gasteiger partial charge in [0.05, 0.1) is 39.5 Å². The van der Waals surface area contributed by atoms with Gasteiger partial charge in [-0.1, -0.05) is 121 Å². The lowest BCUT2D eigenvalue weighted by molar-refractivity contribution is -0.468. The molecule has 28 rings (SSSR count). The molecule has 0 spiro atoms. The number of benzene rings is 7. The lowest BCUT2D eigenvalue weighted by Crippen LogP contribution is -2.32. The minimum absolute atomic E-state index is 0.0139. The number of halogens is 3. The largest absolute Gasteiger partial charge is 0.532 e. The van der Waals surface area contributed by atoms with Crippen molar-refractivity contribution in [2.24, 2.45) is 15.3 Å². The second kappa shape index (κ2) is 41.1. The van der Waals surface area contributed by atoms with E-state index in [0.717, 1.165) is 123 Å². The predicted octanol–water partition coefficient (Wildman–Crippen LogP) is 20.4. The zero-order chi connectivity index (χ0) is 102. The smallest absolute Gasteiger partial charge is 0.497 e. The first-order valence-electron chi connectivity index (χ1n) is 46.3. The maximum Gasteiger partial charge on any atom is 0.532 e. The molecule has 1 saturated carbocycles. The molecule has 12 aliphatic rings. The maximum absolute atomic E-state index is 12.6. The third kappa shape index (κ3) is 19.4. The predicted molar refractivity (Wildman–Crippen MR) is 528 cm³/mol. The molecule has 146 heavy (non-hydrogen) atoms. The third-order valence-electron chi connectivity index (χ3n) is 24.8. The van der Waals surface area contributed by atoms with Crippen molar-refractivity contribution in [1.82, 2.24) is 56.2 Å². The number of azo groups is 6. The average molecular weight is 1960 g/mol. The number of allylic oxidation sites excluding steroid dienone is 1. The highest BCUT2D eigenvalue weighted by atomic mass is 19.4. The van der Waals surface area contributed by atoms with E-state index in [1.807, 2.05) is 241 Å². The number of rotatable bonds is 8. The Morgan fingerprint density at radius 3 is 1.40 bits per heavy atom. The molecule has 722 valence electrons. The van der Waals surface area contributed by atoms with Crippen LogP contribution in [0.4, 0.5) is 113 Å². The lowest BCUT2D eigenvalue weighted by atomic mass is 9.95. The summed E-state index contributed by atoms with van der Waals surface area (Å²) in [6.45, 7) is 2.79. The van der Waals surface area contributed by atoms with Crippen LogP contribution in [0.15, 0.2) is 356 Å². The molecule has 0 atom stereocenters. The maximum atomic E-state index is 12.6. The summed E-state index contributed by atoms with van der Waals surface area (Å²) in [7, 11) is 6.75. The van der Waals surface area contributed by atoms with Crippen LogP contribution in [0.5, 0.6) is 5.75 Å². The molecule has 0 unspecified atom stereocenters. The van der Waals surface area contributed by atoms with Crippen molar-refractivity contribution in [3.63, 3.8) is 0 Å². The van der Waals surface area contributed by atoms with Gasteiger partial charge in [-0.2, -0.15) is 121 Å². The van der Waals surface area contributed by atoms with Gasteiger partial charge in [-0.3, -0.25) is 0 Å². The highest BCUT2D eigenvalue weighted by Gasteiger charge is 2.44. The summed E-state index contributed by atoms with van der Waals surface area (Å²) in [6, 6.07) is 81.7. The molecule has 9 aromatic heterocycles. The number of para-hydroxylation sites is 5. The van der Waals surface area contributed by atoms with Crippen LogP contribution in [0, 0.1) is 6.92 Å². The molecule has 0 saturated heterocycles. The molecule has 0 bridgehead atoms. The first-order chi connectivity index (χ1) is 70.8. The molecular weight excluding hydrogens is 1870 g/mol. The zero-order valence-electron chi connectivity index (χ0n) is 79.1. The molecule has 11 aliphatic heterocycles. The van der Waals surface area contributed by atoms with Crippen LogP contribution in [0.1, 0.15) is 83.8 Å². The number of aryl methyl sites for hydroxylation is 1. The Kier molecular flexibility index (Phi) is 26.9. The fourth-order valence-corrected chi connectivity index (χ4v) is 17.4. The Bertz CT molecular complexity index is 7910. The topological polar surface area (TPSA) is 320 Å². The Labute approximate surface area is 829 Å². The van der Waals surface area contributed by atoms with Crippen LogP contribution in [-0.4, -0.2) is 247 Å². The summed E-state index contributed by atoms with van der Waals surface area (Å²) in [5.41, 5.74) is 12.4. The average Bonchev–Trinajstić information content (AvgIpc) is 1.59. The van der Waals surface area contributed by atoms with Crippen molar-refractivity contribution in [2.75, 3.05) is 34.8 Å². The first-order valence-corrected chi connectivity index (χ1v) is 46.3. The monoisotopic (exact) mass is 1960 g/mol. The molecule has 20 heterocycles.